The van der Waals surface area contributed by atoms with E-state index in [0.29, 0.717) is 35.1 Å². The zero-order valence-electron chi connectivity index (χ0n) is 17.3. The summed E-state index contributed by atoms with van der Waals surface area (Å²) in [6, 6.07) is 24.0. The van der Waals surface area contributed by atoms with Gasteiger partial charge >= 0.3 is 0 Å². The highest BCUT2D eigenvalue weighted by Gasteiger charge is 2.12. The van der Waals surface area contributed by atoms with Crippen LogP contribution in [-0.2, 0) is 11.4 Å². The molecule has 3 rings (SSSR count). The number of hydrogen-bond donors (Lipinski definition) is 1. The fourth-order valence-electron chi connectivity index (χ4n) is 2.86. The molecule has 0 aliphatic carbocycles. The Kier molecular flexibility index (Phi) is 7.28. The van der Waals surface area contributed by atoms with Crippen molar-refractivity contribution >= 4 is 17.7 Å². The Labute approximate surface area is 181 Å². The maximum Gasteiger partial charge on any atom is 0.266 e. The summed E-state index contributed by atoms with van der Waals surface area (Å²) in [5, 5.41) is 12.2. The van der Waals surface area contributed by atoms with Crippen LogP contribution in [0.15, 0.2) is 78.4 Å². The van der Waals surface area contributed by atoms with Crippen molar-refractivity contribution < 1.29 is 19.0 Å². The van der Waals surface area contributed by atoms with Gasteiger partial charge in [0.2, 0.25) is 0 Å². The molecule has 0 spiro atoms. The van der Waals surface area contributed by atoms with Crippen LogP contribution in [0.3, 0.4) is 0 Å². The third kappa shape index (κ3) is 5.87. The quantitative estimate of drug-likeness (QED) is 0.422. The number of nitriles is 1. The standard InChI is InChI=1S/C25H22N2O4/c1-29-23-12-11-21(15-24(23)30-2)27-25(28)20(16-26)13-19-9-6-10-22(14-19)31-17-18-7-4-3-5-8-18/h3-15H,17H2,1-2H3,(H,27,28)/b20-13+. The number of carbonyl (C=O) groups excluding carboxylic acids is 1. The Morgan fingerprint density at radius 3 is 2.45 bits per heavy atom. The van der Waals surface area contributed by atoms with Crippen LogP contribution in [0.5, 0.6) is 17.2 Å². The first-order chi connectivity index (χ1) is 15.1. The van der Waals surface area contributed by atoms with Gasteiger partial charge in [0.1, 0.15) is 24.0 Å². The zero-order valence-corrected chi connectivity index (χ0v) is 17.3. The second-order valence-electron chi connectivity index (χ2n) is 6.54. The molecule has 3 aromatic rings. The van der Waals surface area contributed by atoms with Crippen LogP contribution in [0.25, 0.3) is 6.08 Å². The van der Waals surface area contributed by atoms with E-state index in [2.05, 4.69) is 5.32 Å². The lowest BCUT2D eigenvalue weighted by molar-refractivity contribution is -0.112. The Bertz CT molecular complexity index is 1120. The highest BCUT2D eigenvalue weighted by atomic mass is 16.5. The molecule has 0 unspecified atom stereocenters. The van der Waals surface area contributed by atoms with Gasteiger partial charge in [-0.3, -0.25) is 4.79 Å². The van der Waals surface area contributed by atoms with E-state index in [0.717, 1.165) is 5.56 Å². The molecule has 6 heteroatoms. The number of nitrogens with one attached hydrogen (secondary N) is 1. The van der Waals surface area contributed by atoms with Gasteiger partial charge in [0.15, 0.2) is 11.5 Å². The van der Waals surface area contributed by atoms with Gasteiger partial charge in [0.25, 0.3) is 5.91 Å². The first-order valence-electron chi connectivity index (χ1n) is 9.55. The van der Waals surface area contributed by atoms with Crippen molar-refractivity contribution in [1.29, 1.82) is 5.26 Å². The smallest absolute Gasteiger partial charge is 0.266 e. The number of methoxy groups -OCH3 is 2. The lowest BCUT2D eigenvalue weighted by atomic mass is 10.1. The lowest BCUT2D eigenvalue weighted by Crippen LogP contribution is -2.13. The van der Waals surface area contributed by atoms with E-state index in [9.17, 15) is 10.1 Å². The fourth-order valence-corrected chi connectivity index (χ4v) is 2.86. The van der Waals surface area contributed by atoms with Crippen molar-refractivity contribution in [1.82, 2.24) is 0 Å². The van der Waals surface area contributed by atoms with E-state index in [-0.39, 0.29) is 5.57 Å². The molecule has 1 N–H and O–H groups in total. The number of carbonyl (C=O) groups is 1. The lowest BCUT2D eigenvalue weighted by Gasteiger charge is -2.10. The van der Waals surface area contributed by atoms with Crippen LogP contribution in [0.1, 0.15) is 11.1 Å². The predicted molar refractivity (Wildman–Crippen MR) is 119 cm³/mol. The molecule has 0 atom stereocenters. The van der Waals surface area contributed by atoms with Gasteiger partial charge in [-0.1, -0.05) is 42.5 Å². The number of nitrogens with zero attached hydrogens (tertiary/aromatic N) is 1. The SMILES string of the molecule is COc1ccc(NC(=O)/C(C#N)=C/c2cccc(OCc3ccccc3)c2)cc1OC. The second kappa shape index (κ2) is 10.5. The minimum atomic E-state index is -0.523. The normalized spacial score (nSPS) is 10.7. The monoisotopic (exact) mass is 414 g/mol. The average Bonchev–Trinajstić information content (AvgIpc) is 2.82. The van der Waals surface area contributed by atoms with Crippen molar-refractivity contribution in [3.8, 4) is 23.3 Å². The summed E-state index contributed by atoms with van der Waals surface area (Å²) in [7, 11) is 3.04. The first-order valence-corrected chi connectivity index (χ1v) is 9.55. The molecule has 31 heavy (non-hydrogen) atoms. The van der Waals surface area contributed by atoms with E-state index >= 15 is 0 Å². The van der Waals surface area contributed by atoms with Gasteiger partial charge in [0, 0.05) is 11.8 Å². The summed E-state index contributed by atoms with van der Waals surface area (Å²) >= 11 is 0. The van der Waals surface area contributed by atoms with Crippen molar-refractivity contribution in [2.45, 2.75) is 6.61 Å². The molecule has 0 bridgehead atoms. The molecular formula is C25H22N2O4. The highest BCUT2D eigenvalue weighted by molar-refractivity contribution is 6.09. The van der Waals surface area contributed by atoms with Crippen LogP contribution >= 0.6 is 0 Å². The number of anilines is 1. The average molecular weight is 414 g/mol. The number of ether oxygens (including phenoxy) is 3. The maximum atomic E-state index is 12.6. The van der Waals surface area contributed by atoms with Crippen LogP contribution in [-0.4, -0.2) is 20.1 Å². The molecule has 1 amide bonds. The van der Waals surface area contributed by atoms with Crippen LogP contribution < -0.4 is 19.5 Å². The van der Waals surface area contributed by atoms with E-state index in [1.165, 1.54) is 20.3 Å². The van der Waals surface area contributed by atoms with E-state index in [4.69, 9.17) is 14.2 Å². The molecule has 0 saturated heterocycles. The molecule has 0 aliphatic heterocycles. The summed E-state index contributed by atoms with van der Waals surface area (Å²) in [6.07, 6.45) is 1.52. The largest absolute Gasteiger partial charge is 0.493 e. The van der Waals surface area contributed by atoms with Crippen molar-refractivity contribution in [2.24, 2.45) is 0 Å². The minimum Gasteiger partial charge on any atom is -0.493 e. The van der Waals surface area contributed by atoms with Gasteiger partial charge in [-0.2, -0.15) is 5.26 Å². The molecule has 156 valence electrons. The van der Waals surface area contributed by atoms with E-state index < -0.39 is 5.91 Å². The van der Waals surface area contributed by atoms with Crippen LogP contribution in [0.2, 0.25) is 0 Å². The molecular weight excluding hydrogens is 392 g/mol. The highest BCUT2D eigenvalue weighted by Crippen LogP contribution is 2.30. The Balaban J connectivity index is 1.72. The van der Waals surface area contributed by atoms with Crippen molar-refractivity contribution in [3.05, 3.63) is 89.5 Å². The third-order valence-corrected chi connectivity index (χ3v) is 4.42. The molecule has 0 aliphatic rings. The number of rotatable bonds is 8. The molecule has 0 aromatic heterocycles. The van der Waals surface area contributed by atoms with Gasteiger partial charge < -0.3 is 19.5 Å². The van der Waals surface area contributed by atoms with Crippen molar-refractivity contribution in [3.63, 3.8) is 0 Å². The number of amides is 1. The molecule has 6 nitrogen and oxygen atoms in total. The van der Waals surface area contributed by atoms with E-state index in [1.807, 2.05) is 48.5 Å². The van der Waals surface area contributed by atoms with E-state index in [1.54, 1.807) is 30.3 Å². The zero-order chi connectivity index (χ0) is 22.1. The van der Waals surface area contributed by atoms with Gasteiger partial charge in [0.05, 0.1) is 14.2 Å². The maximum absolute atomic E-state index is 12.6. The fraction of sp³-hybridized carbons (Fsp3) is 0.120. The van der Waals surface area contributed by atoms with Crippen LogP contribution in [0, 0.1) is 11.3 Å². The van der Waals surface area contributed by atoms with Crippen molar-refractivity contribution in [2.75, 3.05) is 19.5 Å². The third-order valence-electron chi connectivity index (χ3n) is 4.42. The minimum absolute atomic E-state index is 0.0324. The first kappa shape index (κ1) is 21.5. The summed E-state index contributed by atoms with van der Waals surface area (Å²) in [6.45, 7) is 0.429. The molecule has 0 heterocycles. The van der Waals surface area contributed by atoms with Gasteiger partial charge in [-0.25, -0.2) is 0 Å². The van der Waals surface area contributed by atoms with Crippen LogP contribution in [0.4, 0.5) is 5.69 Å². The molecule has 0 fully saturated rings. The number of hydrogen-bond acceptors (Lipinski definition) is 5. The Hall–Kier alpha value is -4.24. The molecule has 0 saturated carbocycles. The summed E-state index contributed by atoms with van der Waals surface area (Å²) in [4.78, 5) is 12.6. The molecule has 0 radical (unpaired) electrons. The summed E-state index contributed by atoms with van der Waals surface area (Å²) in [5.74, 6) is 1.15. The topological polar surface area (TPSA) is 80.6 Å². The Morgan fingerprint density at radius 2 is 1.74 bits per heavy atom. The second-order valence-corrected chi connectivity index (χ2v) is 6.54. The predicted octanol–water partition coefficient (Wildman–Crippen LogP) is 4.83. The molecule has 3 aromatic carbocycles. The Morgan fingerprint density at radius 1 is 0.968 bits per heavy atom. The summed E-state index contributed by atoms with van der Waals surface area (Å²) in [5.41, 5.74) is 2.19. The van der Waals surface area contributed by atoms with Gasteiger partial charge in [-0.05, 0) is 41.5 Å². The number of benzene rings is 3. The van der Waals surface area contributed by atoms with Gasteiger partial charge in [-0.15, -0.1) is 0 Å². The summed E-state index contributed by atoms with van der Waals surface area (Å²) < 4.78 is 16.2.